The minimum Gasteiger partial charge on any atom is -0.497 e. The number of rotatable bonds is 8. The van der Waals surface area contributed by atoms with E-state index in [0.29, 0.717) is 18.1 Å². The molecule has 0 aliphatic heterocycles. The summed E-state index contributed by atoms with van der Waals surface area (Å²) >= 11 is 6.19. The van der Waals surface area contributed by atoms with Crippen molar-refractivity contribution in [3.63, 3.8) is 0 Å². The van der Waals surface area contributed by atoms with Gasteiger partial charge < -0.3 is 19.2 Å². The third-order valence-corrected chi connectivity index (χ3v) is 4.81. The fraction of sp³-hybridized carbons (Fsp3) is 0.130. The lowest BCUT2D eigenvalue weighted by Gasteiger charge is -2.05. The van der Waals surface area contributed by atoms with Crippen molar-refractivity contribution in [2.75, 3.05) is 12.4 Å². The summed E-state index contributed by atoms with van der Waals surface area (Å²) in [5.74, 6) is 1.36. The quantitative estimate of drug-likeness (QED) is 0.397. The van der Waals surface area contributed by atoms with Gasteiger partial charge in [-0.15, -0.1) is 0 Å². The highest BCUT2D eigenvalue weighted by atomic mass is 35.5. The van der Waals surface area contributed by atoms with Gasteiger partial charge in [0.1, 0.15) is 34.7 Å². The Bertz CT molecular complexity index is 1200. The van der Waals surface area contributed by atoms with Crippen LogP contribution in [0.15, 0.2) is 71.3 Å². The predicted molar refractivity (Wildman–Crippen MR) is 117 cm³/mol. The van der Waals surface area contributed by atoms with Gasteiger partial charge in [-0.2, -0.15) is 5.10 Å². The number of furan rings is 1. The second-order valence-corrected chi connectivity index (χ2v) is 7.24. The second kappa shape index (κ2) is 9.57. The summed E-state index contributed by atoms with van der Waals surface area (Å²) in [5.41, 5.74) is 0.843. The number of benzene rings is 2. The summed E-state index contributed by atoms with van der Waals surface area (Å²) in [5, 5.41) is 7.18. The normalized spacial score (nSPS) is 10.7. The SMILES string of the molecule is COc1ccc(OCc2ccc(C(=O)Nc3nn(Cc4ccc(F)cc4)cc3Cl)o2)cc1. The number of anilines is 1. The first kappa shape index (κ1) is 21.5. The van der Waals surface area contributed by atoms with Crippen LogP contribution in [0.25, 0.3) is 0 Å². The van der Waals surface area contributed by atoms with Crippen LogP contribution in [0.2, 0.25) is 5.02 Å². The lowest BCUT2D eigenvalue weighted by molar-refractivity contribution is 0.0992. The molecule has 0 saturated carbocycles. The molecule has 0 aliphatic carbocycles. The average molecular weight is 456 g/mol. The molecular weight excluding hydrogens is 437 g/mol. The number of hydrogen-bond donors (Lipinski definition) is 1. The lowest BCUT2D eigenvalue weighted by Crippen LogP contribution is -2.12. The first-order valence-corrected chi connectivity index (χ1v) is 10.0. The maximum atomic E-state index is 13.1. The maximum Gasteiger partial charge on any atom is 0.292 e. The van der Waals surface area contributed by atoms with Gasteiger partial charge in [-0.25, -0.2) is 4.39 Å². The average Bonchev–Trinajstić information content (AvgIpc) is 3.41. The van der Waals surface area contributed by atoms with Crippen molar-refractivity contribution in [1.82, 2.24) is 9.78 Å². The van der Waals surface area contributed by atoms with E-state index in [2.05, 4.69) is 10.4 Å². The third kappa shape index (κ3) is 5.28. The second-order valence-electron chi connectivity index (χ2n) is 6.83. The van der Waals surface area contributed by atoms with Crippen LogP contribution in [-0.2, 0) is 13.2 Å². The van der Waals surface area contributed by atoms with E-state index in [0.717, 1.165) is 11.3 Å². The number of carbonyl (C=O) groups excluding carboxylic acids is 1. The Kier molecular flexibility index (Phi) is 6.42. The zero-order valence-electron chi connectivity index (χ0n) is 17.0. The van der Waals surface area contributed by atoms with E-state index in [-0.39, 0.29) is 29.0 Å². The van der Waals surface area contributed by atoms with Crippen LogP contribution in [0.5, 0.6) is 11.5 Å². The minimum absolute atomic E-state index is 0.0995. The number of hydrogen-bond acceptors (Lipinski definition) is 5. The molecule has 0 aliphatic rings. The standard InChI is InChI=1S/C23H19ClFN3O4/c1-30-17-6-8-18(9-7-17)31-14-19-10-11-21(32-19)23(29)26-22-20(24)13-28(27-22)12-15-2-4-16(25)5-3-15/h2-11,13H,12,14H2,1H3,(H,26,27,29). The van der Waals surface area contributed by atoms with Gasteiger partial charge in [0, 0.05) is 6.20 Å². The molecule has 2 heterocycles. The molecule has 0 spiro atoms. The summed E-state index contributed by atoms with van der Waals surface area (Å²) in [6.45, 7) is 0.538. The van der Waals surface area contributed by atoms with Crippen LogP contribution in [0.4, 0.5) is 10.2 Å². The van der Waals surface area contributed by atoms with E-state index in [1.807, 2.05) is 0 Å². The highest BCUT2D eigenvalue weighted by Gasteiger charge is 2.16. The molecule has 2 aromatic heterocycles. The van der Waals surface area contributed by atoms with Gasteiger partial charge in [0.2, 0.25) is 0 Å². The molecule has 0 fully saturated rings. The van der Waals surface area contributed by atoms with E-state index in [1.165, 1.54) is 12.1 Å². The molecule has 2 aromatic carbocycles. The van der Waals surface area contributed by atoms with Gasteiger partial charge in [0.15, 0.2) is 11.6 Å². The van der Waals surface area contributed by atoms with E-state index in [1.54, 1.807) is 66.5 Å². The van der Waals surface area contributed by atoms with Crippen molar-refractivity contribution in [1.29, 1.82) is 0 Å². The van der Waals surface area contributed by atoms with Crippen molar-refractivity contribution in [3.8, 4) is 11.5 Å². The van der Waals surface area contributed by atoms with Gasteiger partial charge in [-0.05, 0) is 54.1 Å². The molecule has 0 unspecified atom stereocenters. The van der Waals surface area contributed by atoms with Crippen molar-refractivity contribution >= 4 is 23.3 Å². The summed E-state index contributed by atoms with van der Waals surface area (Å²) in [6.07, 6.45) is 1.58. The molecule has 7 nitrogen and oxygen atoms in total. The molecule has 32 heavy (non-hydrogen) atoms. The van der Waals surface area contributed by atoms with Crippen LogP contribution in [0.3, 0.4) is 0 Å². The van der Waals surface area contributed by atoms with Gasteiger partial charge in [-0.1, -0.05) is 23.7 Å². The number of aromatic nitrogens is 2. The molecule has 0 saturated heterocycles. The zero-order valence-corrected chi connectivity index (χ0v) is 17.8. The number of nitrogens with one attached hydrogen (secondary N) is 1. The molecular formula is C23H19ClFN3O4. The third-order valence-electron chi connectivity index (χ3n) is 4.53. The number of halogens is 2. The summed E-state index contributed by atoms with van der Waals surface area (Å²) in [6, 6.07) is 16.4. The van der Waals surface area contributed by atoms with Gasteiger partial charge in [-0.3, -0.25) is 9.48 Å². The molecule has 1 amide bonds. The number of ether oxygens (including phenoxy) is 2. The van der Waals surface area contributed by atoms with Crippen LogP contribution >= 0.6 is 11.6 Å². The Morgan fingerprint density at radius 3 is 2.53 bits per heavy atom. The fourth-order valence-corrected chi connectivity index (χ4v) is 3.11. The number of carbonyl (C=O) groups is 1. The van der Waals surface area contributed by atoms with Crippen LogP contribution in [0.1, 0.15) is 21.9 Å². The van der Waals surface area contributed by atoms with Crippen LogP contribution in [-0.4, -0.2) is 22.8 Å². The Hall–Kier alpha value is -3.78. The Labute approximate surface area is 188 Å². The predicted octanol–water partition coefficient (Wildman–Crippen LogP) is 5.16. The highest BCUT2D eigenvalue weighted by molar-refractivity contribution is 6.33. The summed E-state index contributed by atoms with van der Waals surface area (Å²) < 4.78 is 30.9. The van der Waals surface area contributed by atoms with Gasteiger partial charge in [0.05, 0.1) is 13.7 Å². The highest BCUT2D eigenvalue weighted by Crippen LogP contribution is 2.22. The van der Waals surface area contributed by atoms with E-state index >= 15 is 0 Å². The van der Waals surface area contributed by atoms with E-state index in [4.69, 9.17) is 25.5 Å². The van der Waals surface area contributed by atoms with Crippen molar-refractivity contribution in [3.05, 3.63) is 94.8 Å². The smallest absolute Gasteiger partial charge is 0.292 e. The first-order valence-electron chi connectivity index (χ1n) is 9.64. The van der Waals surface area contributed by atoms with Crippen LogP contribution in [0, 0.1) is 5.82 Å². The molecule has 4 aromatic rings. The molecule has 0 atom stereocenters. The Morgan fingerprint density at radius 2 is 1.81 bits per heavy atom. The largest absolute Gasteiger partial charge is 0.497 e. The molecule has 9 heteroatoms. The fourth-order valence-electron chi connectivity index (χ4n) is 2.91. The number of methoxy groups -OCH3 is 1. The van der Waals surface area contributed by atoms with Crippen molar-refractivity contribution in [2.24, 2.45) is 0 Å². The minimum atomic E-state index is -0.491. The van der Waals surface area contributed by atoms with Crippen molar-refractivity contribution in [2.45, 2.75) is 13.2 Å². The maximum absolute atomic E-state index is 13.1. The molecule has 1 N–H and O–H groups in total. The zero-order chi connectivity index (χ0) is 22.5. The number of nitrogens with zero attached hydrogens (tertiary/aromatic N) is 2. The van der Waals surface area contributed by atoms with Gasteiger partial charge >= 0.3 is 0 Å². The summed E-state index contributed by atoms with van der Waals surface area (Å²) in [7, 11) is 1.59. The van der Waals surface area contributed by atoms with Crippen LogP contribution < -0.4 is 14.8 Å². The topological polar surface area (TPSA) is 78.5 Å². The van der Waals surface area contributed by atoms with Crippen molar-refractivity contribution < 1.29 is 23.1 Å². The van der Waals surface area contributed by atoms with E-state index in [9.17, 15) is 9.18 Å². The lowest BCUT2D eigenvalue weighted by atomic mass is 10.2. The van der Waals surface area contributed by atoms with Gasteiger partial charge in [0.25, 0.3) is 5.91 Å². The number of amides is 1. The monoisotopic (exact) mass is 455 g/mol. The Morgan fingerprint density at radius 1 is 1.09 bits per heavy atom. The van der Waals surface area contributed by atoms with E-state index < -0.39 is 5.91 Å². The Balaban J connectivity index is 1.35. The molecule has 4 rings (SSSR count). The summed E-state index contributed by atoms with van der Waals surface area (Å²) in [4.78, 5) is 12.5. The molecule has 0 bridgehead atoms. The molecule has 164 valence electrons. The first-order chi connectivity index (χ1) is 15.5. The molecule has 0 radical (unpaired) electrons.